The van der Waals surface area contributed by atoms with Gasteiger partial charge in [-0.25, -0.2) is 9.18 Å². The van der Waals surface area contributed by atoms with Gasteiger partial charge in [0.2, 0.25) is 0 Å². The summed E-state index contributed by atoms with van der Waals surface area (Å²) < 4.78 is 24.3. The van der Waals surface area contributed by atoms with Crippen LogP contribution in [-0.2, 0) is 14.3 Å². The molecule has 0 spiro atoms. The lowest BCUT2D eigenvalue weighted by Crippen LogP contribution is -2.46. The van der Waals surface area contributed by atoms with Gasteiger partial charge in [-0.2, -0.15) is 0 Å². The summed E-state index contributed by atoms with van der Waals surface area (Å²) in [6, 6.07) is 11.3. The van der Waals surface area contributed by atoms with E-state index in [-0.39, 0.29) is 11.5 Å². The van der Waals surface area contributed by atoms with E-state index in [1.54, 1.807) is 38.1 Å². The van der Waals surface area contributed by atoms with Gasteiger partial charge in [0.15, 0.2) is 6.61 Å². The second-order valence-electron chi connectivity index (χ2n) is 6.76. The molecule has 1 atom stereocenters. The Balaban J connectivity index is 1.96. The maximum atomic E-state index is 13.8. The summed E-state index contributed by atoms with van der Waals surface area (Å²) in [6.45, 7) is 5.11. The van der Waals surface area contributed by atoms with Crippen LogP contribution in [0.2, 0.25) is 0 Å². The Hall–Kier alpha value is -3.42. The van der Waals surface area contributed by atoms with Crippen LogP contribution in [0.25, 0.3) is 0 Å². The second kappa shape index (κ2) is 10.9. The van der Waals surface area contributed by atoms with Crippen LogP contribution in [0, 0.1) is 11.7 Å². The SMILES string of the molecule is CCOc1ccccc1NC(=O)COC(=O)[C@@H](NC(=O)c1ccccc1F)C(C)C. The summed E-state index contributed by atoms with van der Waals surface area (Å²) in [5.41, 5.74) is 0.273. The fourth-order valence-electron chi connectivity index (χ4n) is 2.63. The highest BCUT2D eigenvalue weighted by atomic mass is 19.1. The molecule has 2 N–H and O–H groups in total. The van der Waals surface area contributed by atoms with Crippen LogP contribution < -0.4 is 15.4 Å². The van der Waals surface area contributed by atoms with Crippen LogP contribution in [0.3, 0.4) is 0 Å². The lowest BCUT2D eigenvalue weighted by Gasteiger charge is -2.21. The number of ether oxygens (including phenoxy) is 2. The van der Waals surface area contributed by atoms with Crippen molar-refractivity contribution >= 4 is 23.5 Å². The van der Waals surface area contributed by atoms with Crippen molar-refractivity contribution < 1.29 is 28.2 Å². The highest BCUT2D eigenvalue weighted by Gasteiger charge is 2.27. The minimum Gasteiger partial charge on any atom is -0.492 e. The van der Waals surface area contributed by atoms with Crippen LogP contribution in [-0.4, -0.2) is 37.0 Å². The van der Waals surface area contributed by atoms with E-state index in [9.17, 15) is 18.8 Å². The fraction of sp³-hybridized carbons (Fsp3) is 0.318. The molecule has 0 fully saturated rings. The van der Waals surface area contributed by atoms with Gasteiger partial charge in [0, 0.05) is 0 Å². The molecule has 0 bridgehead atoms. The fourth-order valence-corrected chi connectivity index (χ4v) is 2.63. The van der Waals surface area contributed by atoms with Crippen LogP contribution in [0.1, 0.15) is 31.1 Å². The van der Waals surface area contributed by atoms with Crippen molar-refractivity contribution in [3.8, 4) is 5.75 Å². The number of rotatable bonds is 9. The molecule has 7 nitrogen and oxygen atoms in total. The van der Waals surface area contributed by atoms with Gasteiger partial charge in [-0.15, -0.1) is 0 Å². The number of hydrogen-bond donors (Lipinski definition) is 2. The molecule has 0 aromatic heterocycles. The lowest BCUT2D eigenvalue weighted by molar-refractivity contribution is -0.150. The van der Waals surface area contributed by atoms with Crippen LogP contribution >= 0.6 is 0 Å². The first-order valence-corrected chi connectivity index (χ1v) is 9.57. The third-order valence-corrected chi connectivity index (χ3v) is 4.13. The number of anilines is 1. The van der Waals surface area contributed by atoms with E-state index in [1.165, 1.54) is 18.2 Å². The number of hydrogen-bond acceptors (Lipinski definition) is 5. The van der Waals surface area contributed by atoms with E-state index in [0.29, 0.717) is 18.0 Å². The summed E-state index contributed by atoms with van der Waals surface area (Å²) in [5.74, 6) is -2.62. The minimum absolute atomic E-state index is 0.179. The van der Waals surface area contributed by atoms with Crippen molar-refractivity contribution in [3.05, 3.63) is 59.9 Å². The number of esters is 1. The molecule has 0 radical (unpaired) electrons. The zero-order valence-electron chi connectivity index (χ0n) is 17.1. The average Bonchev–Trinajstić information content (AvgIpc) is 2.72. The van der Waals surface area contributed by atoms with Crippen molar-refractivity contribution in [3.63, 3.8) is 0 Å². The van der Waals surface area contributed by atoms with Gasteiger partial charge >= 0.3 is 5.97 Å². The zero-order chi connectivity index (χ0) is 22.1. The monoisotopic (exact) mass is 416 g/mol. The highest BCUT2D eigenvalue weighted by molar-refractivity contribution is 5.98. The molecule has 0 aliphatic rings. The molecule has 0 aliphatic heterocycles. The Morgan fingerprint density at radius 2 is 1.70 bits per heavy atom. The molecule has 0 saturated heterocycles. The number of para-hydroxylation sites is 2. The third kappa shape index (κ3) is 6.30. The van der Waals surface area contributed by atoms with Crippen LogP contribution in [0.15, 0.2) is 48.5 Å². The normalized spacial score (nSPS) is 11.5. The van der Waals surface area contributed by atoms with Gasteiger partial charge in [0.05, 0.1) is 17.9 Å². The van der Waals surface area contributed by atoms with E-state index in [1.807, 2.05) is 6.92 Å². The first-order valence-electron chi connectivity index (χ1n) is 9.57. The molecule has 2 rings (SSSR count). The van der Waals surface area contributed by atoms with Crippen molar-refractivity contribution in [2.75, 3.05) is 18.5 Å². The molecule has 0 heterocycles. The summed E-state index contributed by atoms with van der Waals surface area (Å²) in [7, 11) is 0. The number of halogens is 1. The van der Waals surface area contributed by atoms with E-state index in [2.05, 4.69) is 10.6 Å². The van der Waals surface area contributed by atoms with Gasteiger partial charge in [-0.1, -0.05) is 38.1 Å². The molecule has 0 saturated carbocycles. The zero-order valence-corrected chi connectivity index (χ0v) is 17.1. The highest BCUT2D eigenvalue weighted by Crippen LogP contribution is 2.23. The smallest absolute Gasteiger partial charge is 0.329 e. The summed E-state index contributed by atoms with van der Waals surface area (Å²) in [4.78, 5) is 36.9. The lowest BCUT2D eigenvalue weighted by atomic mass is 10.0. The van der Waals surface area contributed by atoms with Crippen molar-refractivity contribution in [1.29, 1.82) is 0 Å². The molecule has 160 valence electrons. The minimum atomic E-state index is -1.04. The third-order valence-electron chi connectivity index (χ3n) is 4.13. The first-order chi connectivity index (χ1) is 14.3. The van der Waals surface area contributed by atoms with Crippen molar-refractivity contribution in [1.82, 2.24) is 5.32 Å². The van der Waals surface area contributed by atoms with Gasteiger partial charge in [-0.05, 0) is 37.1 Å². The van der Waals surface area contributed by atoms with Gasteiger partial charge < -0.3 is 20.1 Å². The quantitative estimate of drug-likeness (QED) is 0.613. The average molecular weight is 416 g/mol. The topological polar surface area (TPSA) is 93.7 Å². The molecular formula is C22H25FN2O5. The molecule has 2 aromatic carbocycles. The van der Waals surface area contributed by atoms with E-state index >= 15 is 0 Å². The maximum Gasteiger partial charge on any atom is 0.329 e. The summed E-state index contributed by atoms with van der Waals surface area (Å²) >= 11 is 0. The van der Waals surface area contributed by atoms with E-state index < -0.39 is 36.2 Å². The number of nitrogens with one attached hydrogen (secondary N) is 2. The molecule has 2 amide bonds. The Morgan fingerprint density at radius 1 is 1.03 bits per heavy atom. The van der Waals surface area contributed by atoms with Crippen molar-refractivity contribution in [2.24, 2.45) is 5.92 Å². The summed E-state index contributed by atoms with van der Waals surface area (Å²) in [6.07, 6.45) is 0. The van der Waals surface area contributed by atoms with Gasteiger partial charge in [-0.3, -0.25) is 9.59 Å². The number of carbonyl (C=O) groups excluding carboxylic acids is 3. The first kappa shape index (κ1) is 22.9. The van der Waals surface area contributed by atoms with E-state index in [0.717, 1.165) is 6.07 Å². The Labute approximate surface area is 174 Å². The van der Waals surface area contributed by atoms with Crippen LogP contribution in [0.4, 0.5) is 10.1 Å². The molecule has 30 heavy (non-hydrogen) atoms. The van der Waals surface area contributed by atoms with E-state index in [4.69, 9.17) is 9.47 Å². The number of carbonyl (C=O) groups is 3. The number of benzene rings is 2. The van der Waals surface area contributed by atoms with Crippen LogP contribution in [0.5, 0.6) is 5.75 Å². The standard InChI is InChI=1S/C22H25FN2O5/c1-4-29-18-12-8-7-11-17(18)24-19(26)13-30-22(28)20(14(2)3)25-21(27)15-9-5-6-10-16(15)23/h5-12,14,20H,4,13H2,1-3H3,(H,24,26)(H,25,27)/t20-/m0/s1. The maximum absolute atomic E-state index is 13.8. The predicted molar refractivity (Wildman–Crippen MR) is 110 cm³/mol. The van der Waals surface area contributed by atoms with Gasteiger partial charge in [0.1, 0.15) is 17.6 Å². The van der Waals surface area contributed by atoms with Crippen molar-refractivity contribution in [2.45, 2.75) is 26.8 Å². The molecular weight excluding hydrogens is 391 g/mol. The largest absolute Gasteiger partial charge is 0.492 e. The molecule has 0 aliphatic carbocycles. The number of amides is 2. The Kier molecular flexibility index (Phi) is 8.34. The summed E-state index contributed by atoms with van der Waals surface area (Å²) in [5, 5.41) is 5.08. The Bertz CT molecular complexity index is 901. The predicted octanol–water partition coefficient (Wildman–Crippen LogP) is 3.16. The second-order valence-corrected chi connectivity index (χ2v) is 6.76. The Morgan fingerprint density at radius 3 is 2.37 bits per heavy atom. The molecule has 0 unspecified atom stereocenters. The molecule has 2 aromatic rings. The van der Waals surface area contributed by atoms with Gasteiger partial charge in [0.25, 0.3) is 11.8 Å². The molecule has 8 heteroatoms.